The van der Waals surface area contributed by atoms with Gasteiger partial charge in [-0.1, -0.05) is 54.6 Å². The van der Waals surface area contributed by atoms with Crippen LogP contribution >= 0.6 is 11.8 Å². The minimum atomic E-state index is -0.231. The van der Waals surface area contributed by atoms with Gasteiger partial charge >= 0.3 is 5.97 Å². The fourth-order valence-electron chi connectivity index (χ4n) is 3.06. The molecule has 0 aliphatic rings. The Morgan fingerprint density at radius 3 is 2.23 bits per heavy atom. The van der Waals surface area contributed by atoms with Crippen LogP contribution in [-0.2, 0) is 9.53 Å². The van der Waals surface area contributed by atoms with Crippen molar-refractivity contribution in [2.45, 2.75) is 30.9 Å². The van der Waals surface area contributed by atoms with E-state index in [1.807, 2.05) is 44.2 Å². The monoisotopic (exact) mass is 432 g/mol. The molecule has 0 aliphatic heterocycles. The van der Waals surface area contributed by atoms with Crippen molar-refractivity contribution in [1.82, 2.24) is 0 Å². The Kier molecular flexibility index (Phi) is 8.36. The SMILES string of the molecule is CCOC(=O)C(C)Sc1ccc(OC/C=C(\C)c2ccc(-c3ccccc3)cc2)cc1. The van der Waals surface area contributed by atoms with Crippen LogP contribution in [0, 0.1) is 0 Å². The minimum Gasteiger partial charge on any atom is -0.490 e. The maximum Gasteiger partial charge on any atom is 0.319 e. The van der Waals surface area contributed by atoms with Gasteiger partial charge in [0.25, 0.3) is 0 Å². The first-order valence-electron chi connectivity index (χ1n) is 10.5. The molecule has 31 heavy (non-hydrogen) atoms. The molecular formula is C27H28O3S. The lowest BCUT2D eigenvalue weighted by Crippen LogP contribution is -2.16. The molecule has 3 aromatic rings. The summed E-state index contributed by atoms with van der Waals surface area (Å²) in [7, 11) is 0. The van der Waals surface area contributed by atoms with Crippen LogP contribution in [0.1, 0.15) is 26.3 Å². The number of carbonyl (C=O) groups is 1. The molecule has 0 saturated carbocycles. The zero-order chi connectivity index (χ0) is 22.1. The van der Waals surface area contributed by atoms with E-state index < -0.39 is 0 Å². The quantitative estimate of drug-likeness (QED) is 0.273. The number of allylic oxidation sites excluding steroid dienone is 1. The van der Waals surface area contributed by atoms with Gasteiger partial charge in [-0.05, 0) is 73.4 Å². The van der Waals surface area contributed by atoms with Gasteiger partial charge in [0.1, 0.15) is 17.6 Å². The Morgan fingerprint density at radius 2 is 1.58 bits per heavy atom. The van der Waals surface area contributed by atoms with Gasteiger partial charge in [-0.25, -0.2) is 0 Å². The first kappa shape index (κ1) is 22.7. The van der Waals surface area contributed by atoms with Gasteiger partial charge in [0.05, 0.1) is 6.61 Å². The second-order valence-corrected chi connectivity index (χ2v) is 8.54. The summed E-state index contributed by atoms with van der Waals surface area (Å²) < 4.78 is 10.9. The van der Waals surface area contributed by atoms with Crippen LogP contribution in [0.5, 0.6) is 5.75 Å². The van der Waals surface area contributed by atoms with Gasteiger partial charge in [0, 0.05) is 4.90 Å². The Hall–Kier alpha value is -2.98. The van der Waals surface area contributed by atoms with Crippen molar-refractivity contribution in [2.24, 2.45) is 0 Å². The van der Waals surface area contributed by atoms with Crippen LogP contribution in [0.4, 0.5) is 0 Å². The van der Waals surface area contributed by atoms with E-state index in [0.717, 1.165) is 10.6 Å². The number of ether oxygens (including phenoxy) is 2. The molecule has 0 N–H and O–H groups in total. The lowest BCUT2D eigenvalue weighted by molar-refractivity contribution is -0.142. The standard InChI is InChI=1S/C27H28O3S/c1-4-29-27(28)21(3)31-26-16-14-25(15-17-26)30-19-18-20(2)22-10-12-24(13-11-22)23-8-6-5-7-9-23/h5-18,21H,4,19H2,1-3H3/b20-18+. The fraction of sp³-hybridized carbons (Fsp3) is 0.222. The van der Waals surface area contributed by atoms with E-state index in [1.165, 1.54) is 34.0 Å². The molecule has 0 spiro atoms. The second kappa shape index (κ2) is 11.4. The van der Waals surface area contributed by atoms with Gasteiger partial charge in [-0.3, -0.25) is 4.79 Å². The van der Waals surface area contributed by atoms with Crippen molar-refractivity contribution < 1.29 is 14.3 Å². The summed E-state index contributed by atoms with van der Waals surface area (Å²) in [6.07, 6.45) is 2.09. The molecule has 0 bridgehead atoms. The van der Waals surface area contributed by atoms with Crippen LogP contribution in [-0.4, -0.2) is 24.4 Å². The first-order chi connectivity index (χ1) is 15.1. The zero-order valence-corrected chi connectivity index (χ0v) is 19.0. The molecule has 3 aromatic carbocycles. The molecule has 0 aromatic heterocycles. The maximum absolute atomic E-state index is 11.8. The van der Waals surface area contributed by atoms with Crippen molar-refractivity contribution in [3.05, 3.63) is 90.5 Å². The molecular weight excluding hydrogens is 404 g/mol. The third-order valence-corrected chi connectivity index (χ3v) is 5.93. The third-order valence-electron chi connectivity index (χ3n) is 4.84. The van der Waals surface area contributed by atoms with Crippen molar-refractivity contribution in [1.29, 1.82) is 0 Å². The molecule has 160 valence electrons. The minimum absolute atomic E-state index is 0.190. The number of carbonyl (C=O) groups excluding carboxylic acids is 1. The number of rotatable bonds is 9. The number of benzene rings is 3. The topological polar surface area (TPSA) is 35.5 Å². The number of hydrogen-bond acceptors (Lipinski definition) is 4. The van der Waals surface area contributed by atoms with E-state index in [1.54, 1.807) is 0 Å². The van der Waals surface area contributed by atoms with Crippen molar-refractivity contribution in [2.75, 3.05) is 13.2 Å². The molecule has 3 nitrogen and oxygen atoms in total. The Morgan fingerprint density at radius 1 is 0.935 bits per heavy atom. The van der Waals surface area contributed by atoms with Gasteiger partial charge in [-0.15, -0.1) is 11.8 Å². The summed E-state index contributed by atoms with van der Waals surface area (Å²) in [5.74, 6) is 0.613. The Bertz CT molecular complexity index is 993. The van der Waals surface area contributed by atoms with E-state index >= 15 is 0 Å². The molecule has 0 heterocycles. The zero-order valence-electron chi connectivity index (χ0n) is 18.2. The summed E-state index contributed by atoms with van der Waals surface area (Å²) in [5.41, 5.74) is 4.79. The highest BCUT2D eigenvalue weighted by molar-refractivity contribution is 8.00. The molecule has 0 fully saturated rings. The maximum atomic E-state index is 11.8. The molecule has 0 amide bonds. The molecule has 1 unspecified atom stereocenters. The van der Waals surface area contributed by atoms with E-state index in [4.69, 9.17) is 9.47 Å². The van der Waals surface area contributed by atoms with Gasteiger partial charge in [0.2, 0.25) is 0 Å². The summed E-state index contributed by atoms with van der Waals surface area (Å²) >= 11 is 1.48. The van der Waals surface area contributed by atoms with Crippen molar-refractivity contribution in [3.63, 3.8) is 0 Å². The normalized spacial score (nSPS) is 12.3. The fourth-order valence-corrected chi connectivity index (χ4v) is 3.93. The van der Waals surface area contributed by atoms with E-state index in [2.05, 4.69) is 61.5 Å². The van der Waals surface area contributed by atoms with E-state index in [9.17, 15) is 4.79 Å². The van der Waals surface area contributed by atoms with Crippen LogP contribution in [0.15, 0.2) is 89.8 Å². The lowest BCUT2D eigenvalue weighted by atomic mass is 10.0. The Balaban J connectivity index is 1.52. The van der Waals surface area contributed by atoms with Crippen molar-refractivity contribution in [3.8, 4) is 16.9 Å². The second-order valence-electron chi connectivity index (χ2n) is 7.13. The smallest absolute Gasteiger partial charge is 0.319 e. The third kappa shape index (κ3) is 6.76. The highest BCUT2D eigenvalue weighted by Crippen LogP contribution is 2.26. The lowest BCUT2D eigenvalue weighted by Gasteiger charge is -2.11. The molecule has 4 heteroatoms. The largest absolute Gasteiger partial charge is 0.490 e. The number of esters is 1. The Labute approximate surface area is 189 Å². The summed E-state index contributed by atoms with van der Waals surface area (Å²) in [6, 6.07) is 26.7. The number of hydrogen-bond donors (Lipinski definition) is 0. The molecule has 0 aliphatic carbocycles. The average molecular weight is 433 g/mol. The van der Waals surface area contributed by atoms with Crippen molar-refractivity contribution >= 4 is 23.3 Å². The molecule has 0 radical (unpaired) electrons. The van der Waals surface area contributed by atoms with E-state index in [0.29, 0.717) is 13.2 Å². The molecule has 1 atom stereocenters. The van der Waals surface area contributed by atoms with Gasteiger partial charge in [-0.2, -0.15) is 0 Å². The number of thioether (sulfide) groups is 1. The summed E-state index contributed by atoms with van der Waals surface area (Å²) in [5, 5.41) is -0.231. The molecule has 3 rings (SSSR count). The van der Waals surface area contributed by atoms with Crippen LogP contribution in [0.25, 0.3) is 16.7 Å². The molecule has 0 saturated heterocycles. The first-order valence-corrected chi connectivity index (χ1v) is 11.3. The highest BCUT2D eigenvalue weighted by Gasteiger charge is 2.15. The van der Waals surface area contributed by atoms with Gasteiger partial charge < -0.3 is 9.47 Å². The van der Waals surface area contributed by atoms with Crippen LogP contribution < -0.4 is 4.74 Å². The van der Waals surface area contributed by atoms with E-state index in [-0.39, 0.29) is 11.2 Å². The van der Waals surface area contributed by atoms with Gasteiger partial charge in [0.15, 0.2) is 0 Å². The predicted molar refractivity (Wildman–Crippen MR) is 129 cm³/mol. The average Bonchev–Trinajstić information content (AvgIpc) is 2.81. The van der Waals surface area contributed by atoms with Crippen LogP contribution in [0.2, 0.25) is 0 Å². The summed E-state index contributed by atoms with van der Waals surface area (Å²) in [6.45, 7) is 6.67. The predicted octanol–water partition coefficient (Wildman–Crippen LogP) is 6.88. The van der Waals surface area contributed by atoms with Crippen LogP contribution in [0.3, 0.4) is 0 Å². The summed E-state index contributed by atoms with van der Waals surface area (Å²) in [4.78, 5) is 12.8. The highest BCUT2D eigenvalue weighted by atomic mass is 32.2.